The molecule has 2 amide bonds. The first-order valence-electron chi connectivity index (χ1n) is 8.33. The molecule has 0 bridgehead atoms. The summed E-state index contributed by atoms with van der Waals surface area (Å²) in [5, 5.41) is 14.9. The number of nitrogens with one attached hydrogen (secondary N) is 2. The standard InChI is InChI=1S/C16H28N2O3/c1-2-16(9-6-10-16)11-17-15(21)18-13(14(19)20)12-7-4-3-5-8-12/h12-13H,2-11H2,1H3,(H,19,20)(H2,17,18,21). The van der Waals surface area contributed by atoms with Crippen LogP contribution in [-0.2, 0) is 4.79 Å². The van der Waals surface area contributed by atoms with Gasteiger partial charge < -0.3 is 15.7 Å². The van der Waals surface area contributed by atoms with Crippen LogP contribution >= 0.6 is 0 Å². The van der Waals surface area contributed by atoms with Gasteiger partial charge in [0.25, 0.3) is 0 Å². The molecule has 1 atom stereocenters. The molecule has 2 rings (SSSR count). The van der Waals surface area contributed by atoms with Gasteiger partial charge in [-0.1, -0.05) is 32.6 Å². The third-order valence-corrected chi connectivity index (χ3v) is 5.46. The molecule has 5 nitrogen and oxygen atoms in total. The van der Waals surface area contributed by atoms with Crippen molar-refractivity contribution in [3.63, 3.8) is 0 Å². The summed E-state index contributed by atoms with van der Waals surface area (Å²) in [6, 6.07) is -1.07. The van der Waals surface area contributed by atoms with Crippen LogP contribution in [0.5, 0.6) is 0 Å². The average Bonchev–Trinajstić information content (AvgIpc) is 2.44. The molecule has 0 aromatic rings. The number of urea groups is 1. The van der Waals surface area contributed by atoms with E-state index in [9.17, 15) is 14.7 Å². The van der Waals surface area contributed by atoms with Crippen LogP contribution in [0, 0.1) is 11.3 Å². The van der Waals surface area contributed by atoms with Gasteiger partial charge in [-0.05, 0) is 43.4 Å². The van der Waals surface area contributed by atoms with E-state index in [1.165, 1.54) is 12.8 Å². The van der Waals surface area contributed by atoms with Crippen LogP contribution in [-0.4, -0.2) is 29.7 Å². The van der Waals surface area contributed by atoms with E-state index in [1.807, 2.05) is 0 Å². The van der Waals surface area contributed by atoms with Crippen LogP contribution in [0.1, 0.15) is 64.7 Å². The Hall–Kier alpha value is -1.26. The molecule has 2 aliphatic carbocycles. The molecule has 0 spiro atoms. The Bertz CT molecular complexity index is 368. The summed E-state index contributed by atoms with van der Waals surface area (Å²) >= 11 is 0. The number of carbonyl (C=O) groups is 2. The molecule has 0 heterocycles. The fourth-order valence-corrected chi connectivity index (χ4v) is 3.64. The van der Waals surface area contributed by atoms with E-state index in [1.54, 1.807) is 0 Å². The van der Waals surface area contributed by atoms with Gasteiger partial charge >= 0.3 is 12.0 Å². The van der Waals surface area contributed by atoms with Crippen molar-refractivity contribution >= 4 is 12.0 Å². The monoisotopic (exact) mass is 296 g/mol. The highest BCUT2D eigenvalue weighted by atomic mass is 16.4. The van der Waals surface area contributed by atoms with Crippen LogP contribution in [0.25, 0.3) is 0 Å². The van der Waals surface area contributed by atoms with Crippen molar-refractivity contribution in [2.45, 2.75) is 70.8 Å². The zero-order chi connectivity index (χ0) is 15.3. The van der Waals surface area contributed by atoms with Gasteiger partial charge in [0.15, 0.2) is 0 Å². The summed E-state index contributed by atoms with van der Waals surface area (Å²) < 4.78 is 0. The van der Waals surface area contributed by atoms with Crippen molar-refractivity contribution in [2.24, 2.45) is 11.3 Å². The quantitative estimate of drug-likeness (QED) is 0.705. The van der Waals surface area contributed by atoms with Gasteiger partial charge in [-0.25, -0.2) is 9.59 Å². The fraction of sp³-hybridized carbons (Fsp3) is 0.875. The van der Waals surface area contributed by atoms with Crippen molar-refractivity contribution in [3.05, 3.63) is 0 Å². The van der Waals surface area contributed by atoms with E-state index in [-0.39, 0.29) is 17.4 Å². The van der Waals surface area contributed by atoms with E-state index < -0.39 is 12.0 Å². The second-order valence-corrected chi connectivity index (χ2v) is 6.75. The van der Waals surface area contributed by atoms with Crippen molar-refractivity contribution in [3.8, 4) is 0 Å². The Kier molecular flexibility index (Phi) is 5.48. The maximum atomic E-state index is 12.0. The number of rotatable bonds is 6. The second kappa shape index (κ2) is 7.14. The van der Waals surface area contributed by atoms with Crippen LogP contribution in [0.15, 0.2) is 0 Å². The third kappa shape index (κ3) is 4.11. The molecular formula is C16H28N2O3. The molecule has 0 saturated heterocycles. The molecule has 1 unspecified atom stereocenters. The minimum absolute atomic E-state index is 0.0749. The number of aliphatic carboxylic acids is 1. The molecule has 2 fully saturated rings. The first-order valence-corrected chi connectivity index (χ1v) is 8.33. The lowest BCUT2D eigenvalue weighted by molar-refractivity contribution is -0.141. The minimum Gasteiger partial charge on any atom is -0.480 e. The first-order chi connectivity index (χ1) is 10.1. The average molecular weight is 296 g/mol. The normalized spacial score (nSPS) is 22.9. The highest BCUT2D eigenvalue weighted by Crippen LogP contribution is 2.43. The molecule has 0 aliphatic heterocycles. The summed E-state index contributed by atoms with van der Waals surface area (Å²) in [4.78, 5) is 23.4. The SMILES string of the molecule is CCC1(CNC(=O)NC(C(=O)O)C2CCCCC2)CCC1. The van der Waals surface area contributed by atoms with Gasteiger partial charge in [0.05, 0.1) is 0 Å². The van der Waals surface area contributed by atoms with Gasteiger partial charge in [-0.3, -0.25) is 0 Å². The Morgan fingerprint density at radius 2 is 1.86 bits per heavy atom. The van der Waals surface area contributed by atoms with Crippen molar-refractivity contribution in [2.75, 3.05) is 6.54 Å². The number of carboxylic acids is 1. The topological polar surface area (TPSA) is 78.4 Å². The third-order valence-electron chi connectivity index (χ3n) is 5.46. The maximum absolute atomic E-state index is 12.0. The Morgan fingerprint density at radius 3 is 2.33 bits per heavy atom. The molecule has 5 heteroatoms. The maximum Gasteiger partial charge on any atom is 0.326 e. The molecule has 0 radical (unpaired) electrons. The second-order valence-electron chi connectivity index (χ2n) is 6.75. The largest absolute Gasteiger partial charge is 0.480 e. The minimum atomic E-state index is -0.911. The highest BCUT2D eigenvalue weighted by Gasteiger charge is 2.36. The highest BCUT2D eigenvalue weighted by molar-refractivity contribution is 5.82. The van der Waals surface area contributed by atoms with Gasteiger partial charge in [0, 0.05) is 6.54 Å². The number of carbonyl (C=O) groups excluding carboxylic acids is 1. The molecule has 2 aliphatic rings. The number of hydrogen-bond donors (Lipinski definition) is 3. The lowest BCUT2D eigenvalue weighted by Gasteiger charge is -2.41. The van der Waals surface area contributed by atoms with E-state index in [2.05, 4.69) is 17.6 Å². The van der Waals surface area contributed by atoms with E-state index >= 15 is 0 Å². The summed E-state index contributed by atoms with van der Waals surface area (Å²) in [6.45, 7) is 2.81. The molecule has 21 heavy (non-hydrogen) atoms. The molecule has 0 aromatic carbocycles. The predicted octanol–water partition coefficient (Wildman–Crippen LogP) is 2.90. The summed E-state index contributed by atoms with van der Waals surface area (Å²) in [5.41, 5.74) is 0.251. The number of carboxylic acid groups (broad SMARTS) is 1. The van der Waals surface area contributed by atoms with Crippen LogP contribution in [0.2, 0.25) is 0 Å². The smallest absolute Gasteiger partial charge is 0.326 e. The summed E-state index contributed by atoms with van der Waals surface area (Å²) in [7, 11) is 0. The van der Waals surface area contributed by atoms with E-state index in [0.29, 0.717) is 6.54 Å². The fourth-order valence-electron chi connectivity index (χ4n) is 3.64. The first kappa shape index (κ1) is 16.1. The molecule has 120 valence electrons. The number of amides is 2. The van der Waals surface area contributed by atoms with Crippen LogP contribution < -0.4 is 10.6 Å². The van der Waals surface area contributed by atoms with E-state index in [0.717, 1.165) is 44.9 Å². The number of hydrogen-bond acceptors (Lipinski definition) is 2. The van der Waals surface area contributed by atoms with Crippen molar-refractivity contribution in [1.82, 2.24) is 10.6 Å². The van der Waals surface area contributed by atoms with Gasteiger partial charge in [0.1, 0.15) is 6.04 Å². The lowest BCUT2D eigenvalue weighted by Crippen LogP contribution is -2.52. The van der Waals surface area contributed by atoms with Crippen LogP contribution in [0.3, 0.4) is 0 Å². The van der Waals surface area contributed by atoms with Crippen molar-refractivity contribution in [1.29, 1.82) is 0 Å². The zero-order valence-electron chi connectivity index (χ0n) is 13.0. The Balaban J connectivity index is 1.82. The molecule has 3 N–H and O–H groups in total. The van der Waals surface area contributed by atoms with Crippen molar-refractivity contribution < 1.29 is 14.7 Å². The summed E-state index contributed by atoms with van der Waals surface area (Å²) in [6.07, 6.45) is 9.73. The van der Waals surface area contributed by atoms with Gasteiger partial charge in [-0.15, -0.1) is 0 Å². The van der Waals surface area contributed by atoms with E-state index in [4.69, 9.17) is 0 Å². The Morgan fingerprint density at radius 1 is 1.19 bits per heavy atom. The molecular weight excluding hydrogens is 268 g/mol. The molecule has 0 aromatic heterocycles. The zero-order valence-corrected chi connectivity index (χ0v) is 13.0. The molecule has 2 saturated carbocycles. The lowest BCUT2D eigenvalue weighted by atomic mass is 9.67. The van der Waals surface area contributed by atoms with Gasteiger partial charge in [0.2, 0.25) is 0 Å². The predicted molar refractivity (Wildman–Crippen MR) is 81.1 cm³/mol. The van der Waals surface area contributed by atoms with Gasteiger partial charge in [-0.2, -0.15) is 0 Å². The Labute approximate surface area is 126 Å². The van der Waals surface area contributed by atoms with Crippen LogP contribution in [0.4, 0.5) is 4.79 Å². The summed E-state index contributed by atoms with van der Waals surface area (Å²) in [5.74, 6) is -0.836.